The Morgan fingerprint density at radius 2 is 2.12 bits per heavy atom. The zero-order valence-corrected chi connectivity index (χ0v) is 20.7. The van der Waals surface area contributed by atoms with E-state index >= 15 is 0 Å². The van der Waals surface area contributed by atoms with Crippen LogP contribution < -0.4 is 16.1 Å². The minimum Gasteiger partial charge on any atom is -0.462 e. The van der Waals surface area contributed by atoms with Crippen LogP contribution in [-0.2, 0) is 9.57 Å². The van der Waals surface area contributed by atoms with Crippen LogP contribution in [0.3, 0.4) is 0 Å². The molecule has 8 nitrogen and oxygen atoms in total. The van der Waals surface area contributed by atoms with Crippen molar-refractivity contribution < 1.29 is 14.4 Å². The topological polar surface area (TPSA) is 99.2 Å². The smallest absolute Gasteiger partial charge is 0.343 e. The van der Waals surface area contributed by atoms with E-state index in [9.17, 15) is 9.59 Å². The summed E-state index contributed by atoms with van der Waals surface area (Å²) in [5, 5.41) is 4.76. The average molecular weight is 483 g/mol. The van der Waals surface area contributed by atoms with Gasteiger partial charge in [-0.15, -0.1) is 11.8 Å². The number of carbonyl (C=O) groups is 1. The van der Waals surface area contributed by atoms with Crippen LogP contribution in [0.15, 0.2) is 32.7 Å². The lowest BCUT2D eigenvalue weighted by Gasteiger charge is -2.36. The van der Waals surface area contributed by atoms with E-state index in [1.54, 1.807) is 26.3 Å². The molecule has 2 aliphatic heterocycles. The summed E-state index contributed by atoms with van der Waals surface area (Å²) in [5.74, 6) is 0.439. The van der Waals surface area contributed by atoms with Gasteiger partial charge < -0.3 is 24.8 Å². The quantitative estimate of drug-likeness (QED) is 0.391. The molecule has 3 aliphatic rings. The van der Waals surface area contributed by atoms with Gasteiger partial charge >= 0.3 is 5.97 Å². The normalized spacial score (nSPS) is 19.5. The molecule has 1 aromatic heterocycles. The van der Waals surface area contributed by atoms with E-state index in [1.165, 1.54) is 10.5 Å². The average Bonchev–Trinajstić information content (AvgIpc) is 3.66. The Kier molecular flexibility index (Phi) is 6.06. The van der Waals surface area contributed by atoms with Gasteiger partial charge in [0.1, 0.15) is 12.7 Å². The van der Waals surface area contributed by atoms with Gasteiger partial charge in [-0.25, -0.2) is 4.79 Å². The van der Waals surface area contributed by atoms with E-state index in [1.807, 2.05) is 18.7 Å². The van der Waals surface area contributed by atoms with Gasteiger partial charge in [-0.05, 0) is 49.6 Å². The fraction of sp³-hybridized carbons (Fsp3) is 0.480. The molecular weight excluding hydrogens is 452 g/mol. The number of thioether (sulfide) groups is 1. The number of hydrogen-bond acceptors (Lipinski definition) is 8. The minimum atomic E-state index is -0.584. The monoisotopic (exact) mass is 482 g/mol. The van der Waals surface area contributed by atoms with Gasteiger partial charge in [0.25, 0.3) is 0 Å². The highest BCUT2D eigenvalue weighted by molar-refractivity contribution is 8.03. The second-order valence-electron chi connectivity index (χ2n) is 8.96. The second-order valence-corrected chi connectivity index (χ2v) is 10.1. The third kappa shape index (κ3) is 3.85. The zero-order valence-electron chi connectivity index (χ0n) is 19.8. The van der Waals surface area contributed by atoms with E-state index in [-0.39, 0.29) is 23.6 Å². The number of nitrogen functional groups attached to an aromatic ring is 1. The third-order valence-corrected chi connectivity index (χ3v) is 7.97. The highest BCUT2D eigenvalue weighted by Gasteiger charge is 2.32. The summed E-state index contributed by atoms with van der Waals surface area (Å²) in [5.41, 5.74) is 11.9. The Hall–Kier alpha value is -2.94. The molecule has 1 aromatic carbocycles. The van der Waals surface area contributed by atoms with Crippen molar-refractivity contribution in [3.8, 4) is 0 Å². The Bertz CT molecular complexity index is 1290. The maximum absolute atomic E-state index is 13.3. The number of nitrogens with zero attached hydrogens (tertiary/aromatic N) is 3. The molecule has 1 aliphatic carbocycles. The molecule has 1 saturated carbocycles. The molecule has 0 unspecified atom stereocenters. The first-order valence-corrected chi connectivity index (χ1v) is 12.8. The first kappa shape index (κ1) is 22.8. The number of rotatable bonds is 5. The van der Waals surface area contributed by atoms with E-state index in [0.717, 1.165) is 60.5 Å². The SMILES string of the molecule is CCOC(=O)c1cn(C2CC2)c2c(C)c(N3CCC4=C(C3)/C(=N/OC)CCS4)c(N)cc2c1=O. The Morgan fingerprint density at radius 1 is 1.32 bits per heavy atom. The Labute approximate surface area is 202 Å². The lowest BCUT2D eigenvalue weighted by molar-refractivity contribution is 0.0524. The predicted octanol–water partition coefficient (Wildman–Crippen LogP) is 4.01. The third-order valence-electron chi connectivity index (χ3n) is 6.77. The van der Waals surface area contributed by atoms with E-state index < -0.39 is 5.97 Å². The lowest BCUT2D eigenvalue weighted by Crippen LogP contribution is -2.36. The maximum Gasteiger partial charge on any atom is 0.343 e. The second kappa shape index (κ2) is 9.02. The molecule has 2 aromatic rings. The summed E-state index contributed by atoms with van der Waals surface area (Å²) in [4.78, 5) is 34.6. The van der Waals surface area contributed by atoms with Crippen molar-refractivity contribution in [2.45, 2.75) is 45.6 Å². The molecule has 0 atom stereocenters. The first-order valence-electron chi connectivity index (χ1n) is 11.8. The van der Waals surface area contributed by atoms with Gasteiger partial charge in [-0.3, -0.25) is 4.79 Å². The van der Waals surface area contributed by atoms with Crippen molar-refractivity contribution in [1.82, 2.24) is 4.57 Å². The van der Waals surface area contributed by atoms with Crippen molar-refractivity contribution in [3.63, 3.8) is 0 Å². The standard InChI is InChI=1S/C25H30N4O4S/c1-4-33-25(31)18-13-29(15-5-6-15)22-14(2)23(19(26)11-16(22)24(18)30)28-9-7-21-17(12-28)20(27-32-3)8-10-34-21/h11,13,15H,4-10,12,26H2,1-3H3/b27-20+. The number of aryl methyl sites for hydroxylation is 1. The number of nitrogens with two attached hydrogens (primary N) is 1. The number of ether oxygens (including phenoxy) is 1. The summed E-state index contributed by atoms with van der Waals surface area (Å²) >= 11 is 1.91. The highest BCUT2D eigenvalue weighted by atomic mass is 32.2. The van der Waals surface area contributed by atoms with Gasteiger partial charge in [0.2, 0.25) is 5.43 Å². The molecule has 1 fully saturated rings. The molecule has 5 rings (SSSR count). The summed E-state index contributed by atoms with van der Waals surface area (Å²) < 4.78 is 7.24. The molecule has 0 radical (unpaired) electrons. The summed E-state index contributed by atoms with van der Waals surface area (Å²) in [6, 6.07) is 2.02. The number of anilines is 2. The molecule has 0 amide bonds. The Morgan fingerprint density at radius 3 is 2.82 bits per heavy atom. The molecule has 0 saturated heterocycles. The molecule has 180 valence electrons. The van der Waals surface area contributed by atoms with Gasteiger partial charge in [0.05, 0.1) is 29.2 Å². The highest BCUT2D eigenvalue weighted by Crippen LogP contribution is 2.43. The van der Waals surface area contributed by atoms with Crippen molar-refractivity contribution in [1.29, 1.82) is 0 Å². The number of carbonyl (C=O) groups excluding carboxylic acids is 1. The molecule has 2 N–H and O–H groups in total. The number of hydrogen-bond donors (Lipinski definition) is 1. The molecule has 34 heavy (non-hydrogen) atoms. The molecule has 0 spiro atoms. The maximum atomic E-state index is 13.3. The molecular formula is C25H30N4O4S. The number of fused-ring (bicyclic) bond motifs is 1. The van der Waals surface area contributed by atoms with Crippen LogP contribution in [0.2, 0.25) is 0 Å². The summed E-state index contributed by atoms with van der Waals surface area (Å²) in [7, 11) is 1.59. The van der Waals surface area contributed by atoms with Crippen molar-refractivity contribution in [2.24, 2.45) is 5.16 Å². The van der Waals surface area contributed by atoms with Crippen LogP contribution in [0.25, 0.3) is 10.9 Å². The summed E-state index contributed by atoms with van der Waals surface area (Å²) in [6.45, 7) is 5.53. The first-order chi connectivity index (χ1) is 16.4. The van der Waals surface area contributed by atoms with Gasteiger partial charge in [-0.2, -0.15) is 0 Å². The van der Waals surface area contributed by atoms with Crippen molar-refractivity contribution in [3.05, 3.63) is 44.1 Å². The number of oxime groups is 1. The van der Waals surface area contributed by atoms with Crippen LogP contribution in [0.5, 0.6) is 0 Å². The fourth-order valence-corrected chi connectivity index (χ4v) is 6.27. The number of pyridine rings is 1. The van der Waals surface area contributed by atoms with Crippen molar-refractivity contribution >= 4 is 45.7 Å². The van der Waals surface area contributed by atoms with Crippen LogP contribution in [0.1, 0.15) is 54.6 Å². The number of benzene rings is 1. The van der Waals surface area contributed by atoms with Gasteiger partial charge in [0, 0.05) is 48.5 Å². The van der Waals surface area contributed by atoms with Crippen molar-refractivity contribution in [2.75, 3.05) is 43.2 Å². The van der Waals surface area contributed by atoms with Gasteiger partial charge in [-0.1, -0.05) is 5.16 Å². The molecule has 0 bridgehead atoms. The largest absolute Gasteiger partial charge is 0.462 e. The van der Waals surface area contributed by atoms with E-state index in [2.05, 4.69) is 14.6 Å². The van der Waals surface area contributed by atoms with Crippen LogP contribution in [-0.4, -0.2) is 48.8 Å². The van der Waals surface area contributed by atoms with Crippen LogP contribution >= 0.6 is 11.8 Å². The lowest BCUT2D eigenvalue weighted by atomic mass is 9.98. The fourth-order valence-electron chi connectivity index (χ4n) is 5.13. The minimum absolute atomic E-state index is 0.0696. The number of esters is 1. The zero-order chi connectivity index (χ0) is 24.0. The predicted molar refractivity (Wildman–Crippen MR) is 137 cm³/mol. The Balaban J connectivity index is 1.64. The van der Waals surface area contributed by atoms with E-state index in [4.69, 9.17) is 15.3 Å². The van der Waals surface area contributed by atoms with E-state index in [0.29, 0.717) is 17.6 Å². The van der Waals surface area contributed by atoms with Gasteiger partial charge in [0.15, 0.2) is 0 Å². The van der Waals surface area contributed by atoms with Crippen LogP contribution in [0, 0.1) is 6.92 Å². The van der Waals surface area contributed by atoms with Crippen LogP contribution in [0.4, 0.5) is 11.4 Å². The molecule has 9 heteroatoms. The summed E-state index contributed by atoms with van der Waals surface area (Å²) in [6.07, 6.45) is 5.54. The number of aromatic nitrogens is 1. The molecule has 3 heterocycles.